The highest BCUT2D eigenvalue weighted by Gasteiger charge is 1.90. The first-order chi connectivity index (χ1) is 4.31. The number of esters is 1. The van der Waals surface area contributed by atoms with Crippen molar-refractivity contribution in [2.45, 2.75) is 6.92 Å². The molecule has 0 aliphatic rings. The monoisotopic (exact) mass is 122 g/mol. The second kappa shape index (κ2) is 4.74. The molecule has 0 unspecified atom stereocenters. The van der Waals surface area contributed by atoms with Crippen molar-refractivity contribution in [3.8, 4) is 24.2 Å². The number of hydrogen-bond donors (Lipinski definition) is 0. The Bertz CT molecular complexity index is 187. The van der Waals surface area contributed by atoms with Gasteiger partial charge in [-0.15, -0.1) is 6.42 Å². The number of ether oxygens (including phenoxy) is 1. The van der Waals surface area contributed by atoms with E-state index >= 15 is 0 Å². The zero-order chi connectivity index (χ0) is 7.11. The third-order valence-corrected chi connectivity index (χ3v) is 0.514. The maximum Gasteiger partial charge on any atom is 0.385 e. The van der Waals surface area contributed by atoms with Gasteiger partial charge < -0.3 is 4.74 Å². The molecule has 0 saturated carbocycles. The van der Waals surface area contributed by atoms with Crippen LogP contribution in [0.25, 0.3) is 0 Å². The number of carbonyl (C=O) groups is 1. The molecule has 2 heteroatoms. The third-order valence-electron chi connectivity index (χ3n) is 0.514. The molecule has 0 aromatic heterocycles. The SMILES string of the molecule is C#CCOC(=O)C#CC. The van der Waals surface area contributed by atoms with Crippen LogP contribution < -0.4 is 0 Å². The summed E-state index contributed by atoms with van der Waals surface area (Å²) in [4.78, 5) is 10.3. The van der Waals surface area contributed by atoms with E-state index in [0.717, 1.165) is 0 Å². The van der Waals surface area contributed by atoms with Crippen molar-refractivity contribution in [2.24, 2.45) is 0 Å². The Kier molecular flexibility index (Phi) is 4.00. The van der Waals surface area contributed by atoms with Gasteiger partial charge in [0.1, 0.15) is 0 Å². The molecule has 0 atom stereocenters. The van der Waals surface area contributed by atoms with Crippen LogP contribution in [0.4, 0.5) is 0 Å². The quantitative estimate of drug-likeness (QED) is 0.282. The molecule has 2 nitrogen and oxygen atoms in total. The molecule has 0 aromatic rings. The van der Waals surface area contributed by atoms with Gasteiger partial charge >= 0.3 is 5.97 Å². The molecule has 0 fully saturated rings. The zero-order valence-electron chi connectivity index (χ0n) is 5.10. The van der Waals surface area contributed by atoms with Crippen LogP contribution in [0.5, 0.6) is 0 Å². The van der Waals surface area contributed by atoms with Crippen molar-refractivity contribution in [2.75, 3.05) is 6.61 Å². The Morgan fingerprint density at radius 1 is 1.78 bits per heavy atom. The first kappa shape index (κ1) is 7.59. The van der Waals surface area contributed by atoms with Crippen molar-refractivity contribution < 1.29 is 9.53 Å². The van der Waals surface area contributed by atoms with Gasteiger partial charge in [0.05, 0.1) is 0 Å². The fourth-order valence-electron chi connectivity index (χ4n) is 0.245. The molecule has 0 aromatic carbocycles. The van der Waals surface area contributed by atoms with Crippen LogP contribution in [-0.2, 0) is 9.53 Å². The fourth-order valence-corrected chi connectivity index (χ4v) is 0.245. The second-order valence-electron chi connectivity index (χ2n) is 1.16. The zero-order valence-corrected chi connectivity index (χ0v) is 5.10. The summed E-state index contributed by atoms with van der Waals surface area (Å²) in [6.45, 7) is 1.55. The van der Waals surface area contributed by atoms with Gasteiger partial charge in [0.25, 0.3) is 0 Å². The largest absolute Gasteiger partial charge is 0.443 e. The van der Waals surface area contributed by atoms with Crippen LogP contribution in [0.2, 0.25) is 0 Å². The van der Waals surface area contributed by atoms with E-state index in [1.807, 2.05) is 0 Å². The molecule has 9 heavy (non-hydrogen) atoms. The average Bonchev–Trinajstić information content (AvgIpc) is 1.85. The lowest BCUT2D eigenvalue weighted by molar-refractivity contribution is -0.135. The minimum absolute atomic E-state index is 0.00644. The Morgan fingerprint density at radius 3 is 2.89 bits per heavy atom. The molecule has 0 aliphatic heterocycles. The van der Waals surface area contributed by atoms with Gasteiger partial charge in [0.2, 0.25) is 0 Å². The topological polar surface area (TPSA) is 26.3 Å². The van der Waals surface area contributed by atoms with Gasteiger partial charge in [-0.05, 0) is 6.92 Å². The molecule has 0 bridgehead atoms. The summed E-state index contributed by atoms with van der Waals surface area (Å²) < 4.78 is 4.38. The van der Waals surface area contributed by atoms with E-state index in [0.29, 0.717) is 0 Å². The lowest BCUT2D eigenvalue weighted by Crippen LogP contribution is -2.00. The molecule has 0 saturated heterocycles. The van der Waals surface area contributed by atoms with Crippen LogP contribution >= 0.6 is 0 Å². The molecule has 0 amide bonds. The summed E-state index contributed by atoms with van der Waals surface area (Å²) in [7, 11) is 0. The van der Waals surface area contributed by atoms with Crippen LogP contribution in [-0.4, -0.2) is 12.6 Å². The Morgan fingerprint density at radius 2 is 2.44 bits per heavy atom. The van der Waals surface area contributed by atoms with Crippen molar-refractivity contribution in [1.82, 2.24) is 0 Å². The van der Waals surface area contributed by atoms with Crippen molar-refractivity contribution >= 4 is 5.97 Å². The first-order valence-corrected chi connectivity index (χ1v) is 2.34. The maximum absolute atomic E-state index is 10.3. The van der Waals surface area contributed by atoms with Crippen molar-refractivity contribution in [3.63, 3.8) is 0 Å². The standard InChI is InChI=1S/C7H6O2/c1-3-5-7(8)9-6-4-2/h2H,6H2,1H3. The molecule has 0 rings (SSSR count). The molecule has 46 valence electrons. The van der Waals surface area contributed by atoms with Crippen LogP contribution in [0.3, 0.4) is 0 Å². The number of rotatable bonds is 1. The van der Waals surface area contributed by atoms with E-state index in [1.165, 1.54) is 0 Å². The Labute approximate surface area is 54.2 Å². The van der Waals surface area contributed by atoms with Gasteiger partial charge in [-0.25, -0.2) is 4.79 Å². The molecule has 0 radical (unpaired) electrons. The molecule has 0 spiro atoms. The van der Waals surface area contributed by atoms with Gasteiger partial charge in [-0.2, -0.15) is 0 Å². The van der Waals surface area contributed by atoms with Crippen LogP contribution in [0.1, 0.15) is 6.92 Å². The van der Waals surface area contributed by atoms with Crippen molar-refractivity contribution in [1.29, 1.82) is 0 Å². The minimum Gasteiger partial charge on any atom is -0.443 e. The summed E-state index contributed by atoms with van der Waals surface area (Å²) in [5.74, 6) is 6.13. The summed E-state index contributed by atoms with van der Waals surface area (Å²) in [6.07, 6.45) is 4.80. The van der Waals surface area contributed by atoms with E-state index < -0.39 is 5.97 Å². The van der Waals surface area contributed by atoms with Crippen LogP contribution in [0, 0.1) is 24.2 Å². The van der Waals surface area contributed by atoms with Crippen LogP contribution in [0.15, 0.2) is 0 Å². The Balaban J connectivity index is 3.51. The minimum atomic E-state index is -0.574. The average molecular weight is 122 g/mol. The van der Waals surface area contributed by atoms with Crippen molar-refractivity contribution in [3.05, 3.63) is 0 Å². The first-order valence-electron chi connectivity index (χ1n) is 2.34. The fraction of sp³-hybridized carbons (Fsp3) is 0.286. The maximum atomic E-state index is 10.3. The third kappa shape index (κ3) is 4.44. The van der Waals surface area contributed by atoms with E-state index in [4.69, 9.17) is 6.42 Å². The summed E-state index contributed by atoms with van der Waals surface area (Å²) in [5, 5.41) is 0. The second-order valence-corrected chi connectivity index (χ2v) is 1.16. The van der Waals surface area contributed by atoms with Gasteiger partial charge in [-0.1, -0.05) is 11.8 Å². The van der Waals surface area contributed by atoms with Gasteiger partial charge in [0.15, 0.2) is 6.61 Å². The highest BCUT2D eigenvalue weighted by molar-refractivity contribution is 5.88. The number of carbonyl (C=O) groups excluding carboxylic acids is 1. The predicted octanol–water partition coefficient (Wildman–Crippen LogP) is 0.186. The molecule has 0 N–H and O–H groups in total. The molecular weight excluding hydrogens is 116 g/mol. The predicted molar refractivity (Wildman–Crippen MR) is 33.2 cm³/mol. The summed E-state index contributed by atoms with van der Waals surface area (Å²) >= 11 is 0. The highest BCUT2D eigenvalue weighted by Crippen LogP contribution is 1.72. The normalized spacial score (nSPS) is 6.22. The number of hydrogen-bond acceptors (Lipinski definition) is 2. The number of terminal acetylenes is 1. The van der Waals surface area contributed by atoms with E-state index in [9.17, 15) is 4.79 Å². The van der Waals surface area contributed by atoms with E-state index in [2.05, 4.69) is 22.5 Å². The summed E-state index contributed by atoms with van der Waals surface area (Å²) in [5.41, 5.74) is 0. The summed E-state index contributed by atoms with van der Waals surface area (Å²) in [6, 6.07) is 0. The molecular formula is C7H6O2. The molecule has 0 aliphatic carbocycles. The highest BCUT2D eigenvalue weighted by atomic mass is 16.5. The van der Waals surface area contributed by atoms with E-state index in [-0.39, 0.29) is 6.61 Å². The smallest absolute Gasteiger partial charge is 0.385 e. The lowest BCUT2D eigenvalue weighted by Gasteiger charge is -1.88. The van der Waals surface area contributed by atoms with Gasteiger partial charge in [-0.3, -0.25) is 0 Å². The Hall–Kier alpha value is -1.41. The van der Waals surface area contributed by atoms with Gasteiger partial charge in [0, 0.05) is 5.92 Å². The molecule has 0 heterocycles. The van der Waals surface area contributed by atoms with E-state index in [1.54, 1.807) is 6.92 Å². The lowest BCUT2D eigenvalue weighted by atomic mass is 10.6.